The maximum atomic E-state index is 13.6. The van der Waals surface area contributed by atoms with Crippen LogP contribution in [0.5, 0.6) is 5.75 Å². The molecule has 1 amide bonds. The summed E-state index contributed by atoms with van der Waals surface area (Å²) in [6.07, 6.45) is 0. The van der Waals surface area contributed by atoms with Crippen molar-refractivity contribution in [3.05, 3.63) is 59.1 Å². The molecule has 0 unspecified atom stereocenters. The second-order valence-corrected chi connectivity index (χ2v) is 6.48. The maximum absolute atomic E-state index is 13.6. The summed E-state index contributed by atoms with van der Waals surface area (Å²) in [4.78, 5) is 28.5. The Kier molecular flexibility index (Phi) is 5.97. The van der Waals surface area contributed by atoms with Crippen LogP contribution in [0.15, 0.2) is 53.5 Å². The monoisotopic (exact) mass is 388 g/mol. The van der Waals surface area contributed by atoms with E-state index in [1.54, 1.807) is 17.6 Å². The summed E-state index contributed by atoms with van der Waals surface area (Å²) in [5.41, 5.74) is 0.775. The van der Waals surface area contributed by atoms with Gasteiger partial charge in [0.05, 0.1) is 16.8 Å². The zero-order valence-electron chi connectivity index (χ0n) is 14.6. The number of carbonyl (C=O) groups is 2. The first-order chi connectivity index (χ1) is 13.1. The number of carbonyl (C=O) groups excluding carboxylic acids is 2. The van der Waals surface area contributed by atoms with Crippen LogP contribution in [0.1, 0.15) is 6.92 Å². The van der Waals surface area contributed by atoms with Gasteiger partial charge in [0.25, 0.3) is 5.91 Å². The molecule has 0 aliphatic carbocycles. The third kappa shape index (κ3) is 4.59. The Hall–Kier alpha value is -3.00. The number of thiazole rings is 1. The van der Waals surface area contributed by atoms with Gasteiger partial charge in [-0.25, -0.2) is 4.39 Å². The first-order valence-corrected chi connectivity index (χ1v) is 9.09. The van der Waals surface area contributed by atoms with Gasteiger partial charge in [-0.1, -0.05) is 35.6 Å². The zero-order chi connectivity index (χ0) is 19.2. The van der Waals surface area contributed by atoms with Crippen LogP contribution >= 0.6 is 11.3 Å². The molecule has 0 aliphatic rings. The largest absolute Gasteiger partial charge is 0.481 e. The Morgan fingerprint density at radius 3 is 2.67 bits per heavy atom. The van der Waals surface area contributed by atoms with E-state index in [4.69, 9.17) is 9.47 Å². The highest BCUT2D eigenvalue weighted by Gasteiger charge is 2.12. The van der Waals surface area contributed by atoms with Gasteiger partial charge >= 0.3 is 5.97 Å². The van der Waals surface area contributed by atoms with Crippen molar-refractivity contribution in [2.75, 3.05) is 13.2 Å². The van der Waals surface area contributed by atoms with Gasteiger partial charge in [0.1, 0.15) is 6.54 Å². The van der Waals surface area contributed by atoms with Gasteiger partial charge in [0.2, 0.25) is 0 Å². The fraction of sp³-hybridized carbons (Fsp3) is 0.211. The minimum atomic E-state index is -0.581. The molecule has 0 N–H and O–H groups in total. The minimum Gasteiger partial charge on any atom is -0.481 e. The quantitative estimate of drug-likeness (QED) is 0.609. The summed E-state index contributed by atoms with van der Waals surface area (Å²) in [5, 5.41) is 0. The first kappa shape index (κ1) is 18.8. The molecule has 0 atom stereocenters. The molecule has 140 valence electrons. The van der Waals surface area contributed by atoms with E-state index in [-0.39, 0.29) is 18.9 Å². The summed E-state index contributed by atoms with van der Waals surface area (Å²) in [6.45, 7) is 1.53. The van der Waals surface area contributed by atoms with E-state index in [9.17, 15) is 14.0 Å². The van der Waals surface area contributed by atoms with Gasteiger partial charge in [0.15, 0.2) is 23.0 Å². The molecule has 0 bridgehead atoms. The SMILES string of the molecule is CCOC(=O)Cn1c(=NC(=O)COc2ccccc2F)sc2ccccc21. The molecular formula is C19H17FN2O4S. The van der Waals surface area contributed by atoms with Gasteiger partial charge in [0, 0.05) is 0 Å². The van der Waals surface area contributed by atoms with E-state index in [1.165, 1.54) is 29.5 Å². The number of hydrogen-bond donors (Lipinski definition) is 0. The Balaban J connectivity index is 1.86. The lowest BCUT2D eigenvalue weighted by Crippen LogP contribution is -2.24. The number of halogens is 1. The number of fused-ring (bicyclic) bond motifs is 1. The average molecular weight is 388 g/mol. The zero-order valence-corrected chi connectivity index (χ0v) is 15.4. The highest BCUT2D eigenvalue weighted by Crippen LogP contribution is 2.17. The molecular weight excluding hydrogens is 371 g/mol. The van der Waals surface area contributed by atoms with Crippen molar-refractivity contribution in [3.63, 3.8) is 0 Å². The molecule has 1 heterocycles. The number of nitrogens with zero attached hydrogens (tertiary/aromatic N) is 2. The lowest BCUT2D eigenvalue weighted by atomic mass is 10.3. The lowest BCUT2D eigenvalue weighted by Gasteiger charge is -2.05. The molecule has 1 aromatic heterocycles. The van der Waals surface area contributed by atoms with Gasteiger partial charge < -0.3 is 14.0 Å². The third-order valence-electron chi connectivity index (χ3n) is 3.59. The van der Waals surface area contributed by atoms with Gasteiger partial charge in [-0.15, -0.1) is 0 Å². The number of rotatable bonds is 6. The van der Waals surface area contributed by atoms with E-state index in [1.807, 2.05) is 24.3 Å². The lowest BCUT2D eigenvalue weighted by molar-refractivity contribution is -0.143. The summed E-state index contributed by atoms with van der Waals surface area (Å²) in [7, 11) is 0. The summed E-state index contributed by atoms with van der Waals surface area (Å²) in [6, 6.07) is 13.2. The van der Waals surface area contributed by atoms with Crippen molar-refractivity contribution in [3.8, 4) is 5.75 Å². The van der Waals surface area contributed by atoms with Crippen LogP contribution in [-0.4, -0.2) is 29.7 Å². The molecule has 0 radical (unpaired) electrons. The molecule has 2 aromatic carbocycles. The summed E-state index contributed by atoms with van der Waals surface area (Å²) in [5.74, 6) is -1.57. The van der Waals surface area contributed by atoms with Crippen LogP contribution in [0, 0.1) is 5.82 Å². The van der Waals surface area contributed by atoms with E-state index in [0.717, 1.165) is 10.2 Å². The van der Waals surface area contributed by atoms with Gasteiger partial charge in [-0.3, -0.25) is 9.59 Å². The number of hydrogen-bond acceptors (Lipinski definition) is 5. The Morgan fingerprint density at radius 1 is 1.15 bits per heavy atom. The maximum Gasteiger partial charge on any atom is 0.326 e. The molecule has 0 fully saturated rings. The molecule has 0 aliphatic heterocycles. The highest BCUT2D eigenvalue weighted by molar-refractivity contribution is 7.16. The van der Waals surface area contributed by atoms with Crippen LogP contribution in [-0.2, 0) is 20.9 Å². The topological polar surface area (TPSA) is 69.9 Å². The second kappa shape index (κ2) is 8.59. The molecule has 0 saturated carbocycles. The van der Waals surface area contributed by atoms with Crippen molar-refractivity contribution >= 4 is 33.4 Å². The van der Waals surface area contributed by atoms with Crippen LogP contribution in [0.3, 0.4) is 0 Å². The number of amides is 1. The number of para-hydroxylation sites is 2. The fourth-order valence-corrected chi connectivity index (χ4v) is 3.48. The second-order valence-electron chi connectivity index (χ2n) is 5.47. The normalized spacial score (nSPS) is 11.6. The number of benzene rings is 2. The molecule has 6 nitrogen and oxygen atoms in total. The molecule has 8 heteroatoms. The molecule has 27 heavy (non-hydrogen) atoms. The number of esters is 1. The Labute approximate surface area is 158 Å². The molecule has 0 spiro atoms. The molecule has 0 saturated heterocycles. The molecule has 3 aromatic rings. The molecule has 3 rings (SSSR count). The van der Waals surface area contributed by atoms with Crippen molar-refractivity contribution in [2.24, 2.45) is 4.99 Å². The highest BCUT2D eigenvalue weighted by atomic mass is 32.1. The summed E-state index contributed by atoms with van der Waals surface area (Å²) < 4.78 is 26.3. The number of aromatic nitrogens is 1. The van der Waals surface area contributed by atoms with Crippen molar-refractivity contribution in [2.45, 2.75) is 13.5 Å². The van der Waals surface area contributed by atoms with Gasteiger partial charge in [-0.05, 0) is 31.2 Å². The third-order valence-corrected chi connectivity index (χ3v) is 4.65. The predicted molar refractivity (Wildman–Crippen MR) is 98.9 cm³/mol. The van der Waals surface area contributed by atoms with Crippen LogP contribution < -0.4 is 9.54 Å². The average Bonchev–Trinajstić information content (AvgIpc) is 2.98. The van der Waals surface area contributed by atoms with Crippen molar-refractivity contribution < 1.29 is 23.5 Å². The standard InChI is InChI=1S/C19H17FN2O4S/c1-2-25-18(24)11-22-14-8-4-6-10-16(14)27-19(22)21-17(23)12-26-15-9-5-3-7-13(15)20/h3-10H,2,11-12H2,1H3. The van der Waals surface area contributed by atoms with Gasteiger partial charge in [-0.2, -0.15) is 4.99 Å². The minimum absolute atomic E-state index is 0.0169. The van der Waals surface area contributed by atoms with Crippen molar-refractivity contribution in [1.82, 2.24) is 4.57 Å². The van der Waals surface area contributed by atoms with Crippen molar-refractivity contribution in [1.29, 1.82) is 0 Å². The first-order valence-electron chi connectivity index (χ1n) is 8.27. The fourth-order valence-electron chi connectivity index (χ4n) is 2.43. The van der Waals surface area contributed by atoms with E-state index in [0.29, 0.717) is 4.80 Å². The van der Waals surface area contributed by atoms with E-state index >= 15 is 0 Å². The van der Waals surface area contributed by atoms with E-state index < -0.39 is 24.3 Å². The number of ether oxygens (including phenoxy) is 2. The Morgan fingerprint density at radius 2 is 1.89 bits per heavy atom. The Bertz CT molecular complexity index is 1040. The smallest absolute Gasteiger partial charge is 0.326 e. The van der Waals surface area contributed by atoms with Crippen LogP contribution in [0.2, 0.25) is 0 Å². The van der Waals surface area contributed by atoms with Crippen LogP contribution in [0.25, 0.3) is 10.2 Å². The predicted octanol–water partition coefficient (Wildman–Crippen LogP) is 2.91. The van der Waals surface area contributed by atoms with Crippen LogP contribution in [0.4, 0.5) is 4.39 Å². The van der Waals surface area contributed by atoms with E-state index in [2.05, 4.69) is 4.99 Å². The summed E-state index contributed by atoms with van der Waals surface area (Å²) >= 11 is 1.28.